The molecule has 0 aromatic heterocycles. The zero-order chi connectivity index (χ0) is 8.48. The Morgan fingerprint density at radius 1 is 1.18 bits per heavy atom. The average molecular weight is 186 g/mol. The second-order valence-corrected chi connectivity index (χ2v) is 4.86. The fourth-order valence-corrected chi connectivity index (χ4v) is 1.52. The molecule has 0 heterocycles. The molecule has 0 atom stereocenters. The fraction of sp³-hybridized carbons (Fsp3) is 0. The first-order valence-electron chi connectivity index (χ1n) is 3.04. The lowest BCUT2D eigenvalue weighted by molar-refractivity contribution is 0.483. The van der Waals surface area contributed by atoms with Crippen LogP contribution in [0.4, 0.5) is 0 Å². The molecule has 0 aliphatic carbocycles. The SMILES string of the molecule is O=S(=O)(O)c1cc[c]([AlH2])cc1. The number of hydrogen-bond donors (Lipinski definition) is 1. The van der Waals surface area contributed by atoms with Gasteiger partial charge in [-0.1, -0.05) is 12.1 Å². The summed E-state index contributed by atoms with van der Waals surface area (Å²) >= 11 is 0.882. The molecule has 5 heteroatoms. The van der Waals surface area contributed by atoms with E-state index in [-0.39, 0.29) is 4.90 Å². The summed E-state index contributed by atoms with van der Waals surface area (Å²) < 4.78 is 30.7. The van der Waals surface area contributed by atoms with Gasteiger partial charge in [-0.15, -0.1) is 4.43 Å². The van der Waals surface area contributed by atoms with E-state index in [4.69, 9.17) is 4.55 Å². The third-order valence-corrected chi connectivity index (χ3v) is 2.85. The molecule has 0 saturated carbocycles. The summed E-state index contributed by atoms with van der Waals surface area (Å²) in [6.45, 7) is 0. The molecule has 0 aliphatic rings. The fourth-order valence-electron chi connectivity index (χ4n) is 0.710. The van der Waals surface area contributed by atoms with Crippen molar-refractivity contribution in [2.45, 2.75) is 4.90 Å². The van der Waals surface area contributed by atoms with Crippen molar-refractivity contribution < 1.29 is 13.0 Å². The molecular weight excluding hydrogens is 179 g/mol. The van der Waals surface area contributed by atoms with Gasteiger partial charge >= 0.3 is 0 Å². The van der Waals surface area contributed by atoms with Gasteiger partial charge in [0.25, 0.3) is 26.4 Å². The summed E-state index contributed by atoms with van der Waals surface area (Å²) in [7, 11) is -4.00. The summed E-state index contributed by atoms with van der Waals surface area (Å²) in [5.41, 5.74) is 0. The van der Waals surface area contributed by atoms with Gasteiger partial charge in [0.2, 0.25) is 0 Å². The first-order valence-corrected chi connectivity index (χ1v) is 5.48. The van der Waals surface area contributed by atoms with Crippen LogP contribution in [0.15, 0.2) is 29.2 Å². The predicted molar refractivity (Wildman–Crippen MR) is 44.4 cm³/mol. The van der Waals surface area contributed by atoms with E-state index in [1.54, 1.807) is 12.1 Å². The maximum atomic E-state index is 10.5. The van der Waals surface area contributed by atoms with Crippen molar-refractivity contribution in [1.29, 1.82) is 0 Å². The van der Waals surface area contributed by atoms with Crippen LogP contribution in [0, 0.1) is 0 Å². The van der Waals surface area contributed by atoms with Crippen LogP contribution in [-0.4, -0.2) is 29.3 Å². The topological polar surface area (TPSA) is 54.4 Å². The van der Waals surface area contributed by atoms with Crippen molar-refractivity contribution in [1.82, 2.24) is 0 Å². The highest BCUT2D eigenvalue weighted by Gasteiger charge is 2.06. The Morgan fingerprint density at radius 2 is 1.64 bits per heavy atom. The van der Waals surface area contributed by atoms with E-state index in [1.807, 2.05) is 0 Å². The Labute approximate surface area is 73.2 Å². The quantitative estimate of drug-likeness (QED) is 0.461. The van der Waals surface area contributed by atoms with Crippen LogP contribution in [0.3, 0.4) is 0 Å². The minimum Gasteiger partial charge on any atom is -0.282 e. The Morgan fingerprint density at radius 3 is 2.00 bits per heavy atom. The minimum atomic E-state index is -4.00. The van der Waals surface area contributed by atoms with Crippen molar-refractivity contribution in [3.05, 3.63) is 24.3 Å². The number of benzene rings is 1. The lowest BCUT2D eigenvalue weighted by Crippen LogP contribution is -2.04. The Balaban J connectivity index is 3.20. The Hall–Kier alpha value is -0.338. The molecule has 1 rings (SSSR count). The van der Waals surface area contributed by atoms with Crippen molar-refractivity contribution in [3.8, 4) is 0 Å². The molecule has 0 amide bonds. The first kappa shape index (κ1) is 8.76. The van der Waals surface area contributed by atoms with Gasteiger partial charge in [0.1, 0.15) is 0 Å². The van der Waals surface area contributed by atoms with Gasteiger partial charge in [-0.05, 0) is 12.1 Å². The summed E-state index contributed by atoms with van der Waals surface area (Å²) in [6, 6.07) is 6.18. The molecule has 3 nitrogen and oxygen atoms in total. The van der Waals surface area contributed by atoms with Gasteiger partial charge in [-0.3, -0.25) is 4.55 Å². The summed E-state index contributed by atoms with van der Waals surface area (Å²) in [5.74, 6) is 0. The molecule has 0 unspecified atom stereocenters. The maximum Gasteiger partial charge on any atom is 0.294 e. The van der Waals surface area contributed by atoms with Crippen molar-refractivity contribution >= 4 is 30.8 Å². The third kappa shape index (κ3) is 2.31. The lowest BCUT2D eigenvalue weighted by Gasteiger charge is -1.95. The lowest BCUT2D eigenvalue weighted by atomic mass is 10.4. The normalized spacial score (nSPS) is 11.4. The van der Waals surface area contributed by atoms with E-state index in [2.05, 4.69) is 0 Å². The monoisotopic (exact) mass is 186 g/mol. The first-order chi connectivity index (χ1) is 5.00. The van der Waals surface area contributed by atoms with E-state index in [9.17, 15) is 8.42 Å². The van der Waals surface area contributed by atoms with Crippen LogP contribution in [0.1, 0.15) is 0 Å². The zero-order valence-electron chi connectivity index (χ0n) is 5.98. The van der Waals surface area contributed by atoms with Gasteiger partial charge < -0.3 is 0 Å². The maximum absolute atomic E-state index is 10.5. The van der Waals surface area contributed by atoms with Crippen molar-refractivity contribution in [3.63, 3.8) is 0 Å². The van der Waals surface area contributed by atoms with Crippen LogP contribution in [0.2, 0.25) is 0 Å². The van der Waals surface area contributed by atoms with Gasteiger partial charge in [-0.2, -0.15) is 8.42 Å². The molecule has 1 aromatic rings. The standard InChI is InChI=1S/C6H5O3S.Al.2H/c7-10(8,9)6-4-2-1-3-5-6;;;/h2-5H,(H,7,8,9);;;. The Bertz CT molecular complexity index is 341. The molecule has 0 radical (unpaired) electrons. The van der Waals surface area contributed by atoms with Crippen LogP contribution >= 0.6 is 0 Å². The predicted octanol–water partition coefficient (Wildman–Crippen LogP) is -0.808. The van der Waals surface area contributed by atoms with Gasteiger partial charge in [0, 0.05) is 0 Å². The number of rotatable bonds is 1. The molecule has 58 valence electrons. The largest absolute Gasteiger partial charge is 0.294 e. The van der Waals surface area contributed by atoms with Gasteiger partial charge in [0.05, 0.1) is 4.90 Å². The molecule has 0 fully saturated rings. The molecule has 1 N–H and O–H groups in total. The van der Waals surface area contributed by atoms with E-state index >= 15 is 0 Å². The number of hydrogen-bond acceptors (Lipinski definition) is 2. The van der Waals surface area contributed by atoms with Crippen LogP contribution in [-0.2, 0) is 10.1 Å². The molecule has 0 saturated heterocycles. The van der Waals surface area contributed by atoms with Gasteiger partial charge in [0.15, 0.2) is 0 Å². The highest BCUT2D eigenvalue weighted by molar-refractivity contribution is 7.85. The molecule has 0 bridgehead atoms. The highest BCUT2D eigenvalue weighted by Crippen LogP contribution is 2.04. The van der Waals surface area contributed by atoms with Crippen LogP contribution < -0.4 is 4.43 Å². The molecule has 0 aliphatic heterocycles. The van der Waals surface area contributed by atoms with Crippen molar-refractivity contribution in [2.75, 3.05) is 0 Å². The van der Waals surface area contributed by atoms with E-state index in [0.717, 1.165) is 20.7 Å². The molecule has 1 aromatic carbocycles. The third-order valence-electron chi connectivity index (χ3n) is 1.32. The second-order valence-electron chi connectivity index (χ2n) is 2.29. The summed E-state index contributed by atoms with van der Waals surface area (Å²) in [5, 5.41) is 0. The van der Waals surface area contributed by atoms with Crippen LogP contribution in [0.5, 0.6) is 0 Å². The van der Waals surface area contributed by atoms with E-state index in [0.29, 0.717) is 0 Å². The van der Waals surface area contributed by atoms with E-state index in [1.165, 1.54) is 12.1 Å². The average Bonchev–Trinajstić information content (AvgIpc) is 1.86. The van der Waals surface area contributed by atoms with E-state index < -0.39 is 10.1 Å². The van der Waals surface area contributed by atoms with Gasteiger partial charge in [-0.25, -0.2) is 0 Å². The second kappa shape index (κ2) is 2.96. The highest BCUT2D eigenvalue weighted by atomic mass is 32.2. The van der Waals surface area contributed by atoms with Crippen molar-refractivity contribution in [2.24, 2.45) is 0 Å². The molecular formula is C6H7AlO3S. The Kier molecular flexibility index (Phi) is 2.35. The summed E-state index contributed by atoms with van der Waals surface area (Å²) in [4.78, 5) is -0.0444. The molecule has 11 heavy (non-hydrogen) atoms. The zero-order valence-corrected chi connectivity index (χ0v) is 8.80. The smallest absolute Gasteiger partial charge is 0.282 e. The minimum absolute atomic E-state index is 0.0444. The molecule has 0 spiro atoms. The van der Waals surface area contributed by atoms with Crippen LogP contribution in [0.25, 0.3) is 0 Å². The summed E-state index contributed by atoms with van der Waals surface area (Å²) in [6.07, 6.45) is 0.